The Kier molecular flexibility index (Phi) is 6.71. The minimum absolute atomic E-state index is 0.0511. The number of aliphatic hydroxyl groups is 1. The molecule has 184 valence electrons. The number of benzene rings is 1. The van der Waals surface area contributed by atoms with Crippen LogP contribution >= 0.6 is 0 Å². The molecule has 2 atom stereocenters. The fraction of sp³-hybridized carbons (Fsp3) is 0.385. The maximum atomic E-state index is 13.8. The molecule has 0 bridgehead atoms. The van der Waals surface area contributed by atoms with E-state index < -0.39 is 35.2 Å². The Hall–Kier alpha value is -3.59. The summed E-state index contributed by atoms with van der Waals surface area (Å²) in [7, 11) is 1.42. The van der Waals surface area contributed by atoms with Crippen molar-refractivity contribution in [3.8, 4) is 11.1 Å². The number of esters is 1. The third kappa shape index (κ3) is 4.55. The van der Waals surface area contributed by atoms with E-state index in [1.165, 1.54) is 23.7 Å². The molecule has 8 nitrogen and oxygen atoms in total. The molecule has 35 heavy (non-hydrogen) atoms. The van der Waals surface area contributed by atoms with Gasteiger partial charge in [-0.1, -0.05) is 32.1 Å². The second-order valence-corrected chi connectivity index (χ2v) is 9.02. The fourth-order valence-corrected chi connectivity index (χ4v) is 4.47. The number of halogens is 1. The molecule has 0 radical (unpaired) electrons. The van der Waals surface area contributed by atoms with Gasteiger partial charge in [-0.2, -0.15) is 0 Å². The molecule has 1 fully saturated rings. The molecule has 1 aliphatic heterocycles. The summed E-state index contributed by atoms with van der Waals surface area (Å²) in [6.45, 7) is 6.00. The minimum Gasteiger partial charge on any atom is -0.458 e. The Bertz CT molecular complexity index is 1440. The van der Waals surface area contributed by atoms with Gasteiger partial charge < -0.3 is 9.84 Å². The molecule has 3 aromatic rings. The van der Waals surface area contributed by atoms with Crippen LogP contribution in [0.2, 0.25) is 0 Å². The zero-order valence-electron chi connectivity index (χ0n) is 20.1. The fourth-order valence-electron chi connectivity index (χ4n) is 4.47. The van der Waals surface area contributed by atoms with Crippen LogP contribution in [0.1, 0.15) is 50.8 Å². The van der Waals surface area contributed by atoms with Crippen LogP contribution in [0.4, 0.5) is 4.39 Å². The summed E-state index contributed by atoms with van der Waals surface area (Å²) in [6.07, 6.45) is 2.16. The second-order valence-electron chi connectivity index (χ2n) is 9.02. The summed E-state index contributed by atoms with van der Waals surface area (Å²) >= 11 is 0. The Morgan fingerprint density at radius 3 is 2.51 bits per heavy atom. The lowest BCUT2D eigenvalue weighted by Gasteiger charge is -2.24. The van der Waals surface area contributed by atoms with Crippen LogP contribution < -0.4 is 11.2 Å². The number of carbonyl (C=O) groups is 1. The first kappa shape index (κ1) is 24.5. The summed E-state index contributed by atoms with van der Waals surface area (Å²) in [5.41, 5.74) is 1.62. The van der Waals surface area contributed by atoms with Crippen LogP contribution in [0.3, 0.4) is 0 Å². The summed E-state index contributed by atoms with van der Waals surface area (Å²) in [4.78, 5) is 42.8. The third-order valence-corrected chi connectivity index (χ3v) is 6.20. The van der Waals surface area contributed by atoms with Crippen molar-refractivity contribution in [2.24, 2.45) is 7.05 Å². The van der Waals surface area contributed by atoms with Crippen molar-refractivity contribution in [2.75, 3.05) is 0 Å². The van der Waals surface area contributed by atoms with E-state index in [4.69, 9.17) is 9.72 Å². The molecule has 1 aliphatic rings. The maximum Gasteiger partial charge on any atom is 0.332 e. The number of pyridine rings is 1. The Morgan fingerprint density at radius 1 is 1.23 bits per heavy atom. The van der Waals surface area contributed by atoms with Gasteiger partial charge in [0.25, 0.3) is 5.56 Å². The maximum absolute atomic E-state index is 13.8. The summed E-state index contributed by atoms with van der Waals surface area (Å²) in [5.74, 6) is -1.00. The van der Waals surface area contributed by atoms with Gasteiger partial charge in [0, 0.05) is 31.1 Å². The van der Waals surface area contributed by atoms with Crippen LogP contribution in [-0.2, 0) is 23.1 Å². The highest BCUT2D eigenvalue weighted by atomic mass is 19.1. The Labute approximate surface area is 201 Å². The van der Waals surface area contributed by atoms with E-state index in [-0.39, 0.29) is 29.8 Å². The molecule has 1 saturated heterocycles. The number of carbonyl (C=O) groups excluding carboxylic acids is 1. The molecule has 1 N–H and O–H groups in total. The molecule has 0 spiro atoms. The van der Waals surface area contributed by atoms with E-state index >= 15 is 0 Å². The Balaban J connectivity index is 2.10. The van der Waals surface area contributed by atoms with Gasteiger partial charge in [0.1, 0.15) is 11.9 Å². The van der Waals surface area contributed by atoms with Gasteiger partial charge in [-0.3, -0.25) is 18.7 Å². The van der Waals surface area contributed by atoms with Gasteiger partial charge in [0.05, 0.1) is 23.6 Å². The summed E-state index contributed by atoms with van der Waals surface area (Å²) < 4.78 is 21.6. The van der Waals surface area contributed by atoms with Gasteiger partial charge >= 0.3 is 11.7 Å². The number of aliphatic hydroxyl groups excluding tert-OH is 1. The van der Waals surface area contributed by atoms with Crippen molar-refractivity contribution in [2.45, 2.75) is 58.3 Å². The zero-order valence-corrected chi connectivity index (χ0v) is 20.1. The van der Waals surface area contributed by atoms with E-state index in [1.54, 1.807) is 31.2 Å². The van der Waals surface area contributed by atoms with Crippen molar-refractivity contribution in [3.05, 3.63) is 68.3 Å². The molecule has 2 aromatic heterocycles. The number of rotatable bonds is 5. The SMILES string of the molecule is CCn1c(=O)n(C)c(=O)c2c(-c3ccc(F)cc3)c(/C=C/[C@@H]3C[C@@H](O)CC(=O)O3)c(C(C)C)nc21. The van der Waals surface area contributed by atoms with Gasteiger partial charge in [-0.25, -0.2) is 14.2 Å². The van der Waals surface area contributed by atoms with Crippen molar-refractivity contribution >= 4 is 23.1 Å². The molecule has 9 heteroatoms. The van der Waals surface area contributed by atoms with E-state index in [1.807, 2.05) is 13.8 Å². The lowest BCUT2D eigenvalue weighted by atomic mass is 9.91. The molecule has 0 amide bonds. The first-order valence-corrected chi connectivity index (χ1v) is 11.6. The quantitative estimate of drug-likeness (QED) is 0.562. The van der Waals surface area contributed by atoms with E-state index in [9.17, 15) is 23.9 Å². The lowest BCUT2D eigenvalue weighted by molar-refractivity contribution is -0.156. The van der Waals surface area contributed by atoms with E-state index in [2.05, 4.69) is 0 Å². The molecular formula is C26H28FN3O5. The number of aryl methyl sites for hydroxylation is 1. The average molecular weight is 482 g/mol. The minimum atomic E-state index is -0.798. The normalized spacial score (nSPS) is 18.5. The first-order valence-electron chi connectivity index (χ1n) is 11.6. The molecule has 4 rings (SSSR count). The molecular weight excluding hydrogens is 453 g/mol. The van der Waals surface area contributed by atoms with Crippen LogP contribution in [0.5, 0.6) is 0 Å². The molecule has 1 aromatic carbocycles. The van der Waals surface area contributed by atoms with Crippen molar-refractivity contribution in [1.29, 1.82) is 0 Å². The Morgan fingerprint density at radius 2 is 1.91 bits per heavy atom. The van der Waals surface area contributed by atoms with Crippen molar-refractivity contribution in [1.82, 2.24) is 14.1 Å². The van der Waals surface area contributed by atoms with Gasteiger partial charge in [0.2, 0.25) is 0 Å². The largest absolute Gasteiger partial charge is 0.458 e. The van der Waals surface area contributed by atoms with Crippen LogP contribution in [0.25, 0.3) is 28.2 Å². The third-order valence-electron chi connectivity index (χ3n) is 6.20. The average Bonchev–Trinajstić information content (AvgIpc) is 2.81. The van der Waals surface area contributed by atoms with Gasteiger partial charge in [-0.15, -0.1) is 0 Å². The smallest absolute Gasteiger partial charge is 0.332 e. The standard InChI is InChI=1S/C26H28FN3O5/c1-5-30-24-22(25(33)29(4)26(30)34)21(15-6-8-16(27)9-7-15)19(23(28-24)14(2)3)11-10-18-12-17(31)13-20(32)35-18/h6-11,14,17-18,31H,5,12-13H2,1-4H3/b11-10+/t17-,18-/m1/s1. The van der Waals surface area contributed by atoms with Crippen LogP contribution in [0, 0.1) is 5.82 Å². The molecule has 3 heterocycles. The number of fused-ring (bicyclic) bond motifs is 1. The first-order chi connectivity index (χ1) is 16.6. The monoisotopic (exact) mass is 481 g/mol. The highest BCUT2D eigenvalue weighted by Crippen LogP contribution is 2.35. The van der Waals surface area contributed by atoms with Crippen LogP contribution in [-0.4, -0.2) is 37.4 Å². The molecule has 0 aliphatic carbocycles. The van der Waals surface area contributed by atoms with Crippen LogP contribution in [0.15, 0.2) is 39.9 Å². The summed E-state index contributed by atoms with van der Waals surface area (Å²) in [6, 6.07) is 5.78. The van der Waals surface area contributed by atoms with Crippen molar-refractivity contribution in [3.63, 3.8) is 0 Å². The molecule has 0 unspecified atom stereocenters. The van der Waals surface area contributed by atoms with Gasteiger partial charge in [0.15, 0.2) is 5.65 Å². The highest BCUT2D eigenvalue weighted by molar-refractivity contribution is 5.97. The van der Waals surface area contributed by atoms with Gasteiger partial charge in [-0.05, 0) is 36.6 Å². The topological polar surface area (TPSA) is 103 Å². The predicted molar refractivity (Wildman–Crippen MR) is 131 cm³/mol. The second kappa shape index (κ2) is 9.58. The van der Waals surface area contributed by atoms with E-state index in [0.29, 0.717) is 28.9 Å². The lowest BCUT2D eigenvalue weighted by Crippen LogP contribution is -2.38. The number of ether oxygens (including phenoxy) is 1. The number of hydrogen-bond donors (Lipinski definition) is 1. The predicted octanol–water partition coefficient (Wildman–Crippen LogP) is 3.12. The zero-order chi connectivity index (χ0) is 25.4. The number of cyclic esters (lactones) is 1. The number of nitrogens with zero attached hydrogens (tertiary/aromatic N) is 3. The van der Waals surface area contributed by atoms with Crippen molar-refractivity contribution < 1.29 is 19.0 Å². The number of hydrogen-bond acceptors (Lipinski definition) is 6. The highest BCUT2D eigenvalue weighted by Gasteiger charge is 2.27. The number of aromatic nitrogens is 3. The molecule has 0 saturated carbocycles. The summed E-state index contributed by atoms with van der Waals surface area (Å²) in [5, 5.41) is 10.2. The van der Waals surface area contributed by atoms with E-state index in [0.717, 1.165) is 4.57 Å².